The Kier molecular flexibility index (Phi) is 14.7. The number of hydrogen-bond donors (Lipinski definition) is 0. The summed E-state index contributed by atoms with van der Waals surface area (Å²) in [7, 11) is 1.46. The van der Waals surface area contributed by atoms with Crippen molar-refractivity contribution in [3.8, 4) is 0 Å². The highest BCUT2D eigenvalue weighted by Crippen LogP contribution is 2.48. The summed E-state index contributed by atoms with van der Waals surface area (Å²) in [5.74, 6) is 1.17. The van der Waals surface area contributed by atoms with Crippen LogP contribution in [0.1, 0.15) is 110 Å². The van der Waals surface area contributed by atoms with E-state index >= 15 is 0 Å². The highest BCUT2D eigenvalue weighted by atomic mass is 127. The van der Waals surface area contributed by atoms with Crippen molar-refractivity contribution < 1.29 is 33.2 Å². The molecule has 0 aromatic carbocycles. The molecule has 4 fully saturated rings. The molecule has 10 atom stereocenters. The molecule has 0 bridgehead atoms. The zero-order chi connectivity index (χ0) is 29.0. The predicted molar refractivity (Wildman–Crippen MR) is 168 cm³/mol. The van der Waals surface area contributed by atoms with Crippen LogP contribution in [0.2, 0.25) is 0 Å². The molecule has 4 unspecified atom stereocenters. The molecule has 0 aromatic rings. The summed E-state index contributed by atoms with van der Waals surface area (Å²) in [6, 6.07) is 0. The van der Waals surface area contributed by atoms with Crippen molar-refractivity contribution in [3.05, 3.63) is 12.2 Å². The molecule has 1 saturated carbocycles. The lowest BCUT2D eigenvalue weighted by atomic mass is 9.88. The van der Waals surface area contributed by atoms with Gasteiger partial charge in [-0.15, -0.1) is 0 Å². The van der Waals surface area contributed by atoms with Gasteiger partial charge < -0.3 is 28.4 Å². The molecule has 0 spiro atoms. The number of halogens is 1. The normalized spacial score (nSPS) is 34.4. The molecule has 41 heavy (non-hydrogen) atoms. The van der Waals surface area contributed by atoms with Crippen molar-refractivity contribution >= 4 is 28.6 Å². The van der Waals surface area contributed by atoms with Gasteiger partial charge in [-0.3, -0.25) is 4.79 Å². The second kappa shape index (κ2) is 17.9. The van der Waals surface area contributed by atoms with E-state index in [9.17, 15) is 4.79 Å². The lowest BCUT2D eigenvalue weighted by Crippen LogP contribution is -2.32. The van der Waals surface area contributed by atoms with Crippen LogP contribution < -0.4 is 0 Å². The first-order chi connectivity index (χ1) is 20.0. The van der Waals surface area contributed by atoms with Crippen LogP contribution in [0.25, 0.3) is 0 Å². The van der Waals surface area contributed by atoms with Gasteiger partial charge in [0.2, 0.25) is 0 Å². The molecule has 4 aliphatic rings. The Bertz CT molecular complexity index is 782. The zero-order valence-electron chi connectivity index (χ0n) is 25.7. The molecule has 8 heteroatoms. The fraction of sp³-hybridized carbons (Fsp3) is 0.909. The third-order valence-electron chi connectivity index (χ3n) is 9.37. The van der Waals surface area contributed by atoms with E-state index in [0.29, 0.717) is 22.2 Å². The van der Waals surface area contributed by atoms with E-state index in [4.69, 9.17) is 28.4 Å². The minimum Gasteiger partial charge on any atom is -0.469 e. The summed E-state index contributed by atoms with van der Waals surface area (Å²) >= 11 is 2.53. The number of alkyl halides is 1. The van der Waals surface area contributed by atoms with E-state index in [-0.39, 0.29) is 48.9 Å². The van der Waals surface area contributed by atoms with Crippen LogP contribution in [0.15, 0.2) is 12.2 Å². The van der Waals surface area contributed by atoms with Crippen molar-refractivity contribution in [2.24, 2.45) is 17.8 Å². The molecule has 1 aliphatic carbocycles. The number of carbonyl (C=O) groups is 1. The Morgan fingerprint density at radius 3 is 2.46 bits per heavy atom. The van der Waals surface area contributed by atoms with Crippen LogP contribution >= 0.6 is 22.6 Å². The highest BCUT2D eigenvalue weighted by Gasteiger charge is 2.51. The molecule has 7 nitrogen and oxygen atoms in total. The van der Waals surface area contributed by atoms with Gasteiger partial charge in [-0.2, -0.15) is 0 Å². The SMILES string of the molecule is CCCC[C@H](C)C[C@@H](/C=C/[C@@H]1[C@H]2CC(C(I)CCCC(=O)OC)O[C@@H]2C[C@H]1OC1CCCCO1)OC1CCCCO1. The number of ether oxygens (including phenoxy) is 6. The van der Waals surface area contributed by atoms with E-state index < -0.39 is 0 Å². The van der Waals surface area contributed by atoms with Gasteiger partial charge in [0.25, 0.3) is 0 Å². The number of methoxy groups -OCH3 is 1. The first kappa shape index (κ1) is 33.6. The van der Waals surface area contributed by atoms with Gasteiger partial charge in [0, 0.05) is 35.9 Å². The fourth-order valence-corrected chi connectivity index (χ4v) is 7.90. The fourth-order valence-electron chi connectivity index (χ4n) is 7.00. The third-order valence-corrected chi connectivity index (χ3v) is 10.8. The molecule has 3 heterocycles. The molecular formula is C33H55IO7. The number of esters is 1. The van der Waals surface area contributed by atoms with Gasteiger partial charge in [0.15, 0.2) is 12.6 Å². The number of hydrogen-bond acceptors (Lipinski definition) is 7. The predicted octanol–water partition coefficient (Wildman–Crippen LogP) is 7.52. The summed E-state index contributed by atoms with van der Waals surface area (Å²) in [5.41, 5.74) is 0. The molecular weight excluding hydrogens is 635 g/mol. The minimum atomic E-state index is -0.132. The first-order valence-electron chi connectivity index (χ1n) is 16.6. The van der Waals surface area contributed by atoms with Gasteiger partial charge in [-0.25, -0.2) is 0 Å². The topological polar surface area (TPSA) is 72.5 Å². The maximum atomic E-state index is 11.6. The Labute approximate surface area is 262 Å². The number of carbonyl (C=O) groups excluding carboxylic acids is 1. The van der Waals surface area contributed by atoms with Crippen molar-refractivity contribution in [1.82, 2.24) is 0 Å². The maximum Gasteiger partial charge on any atom is 0.305 e. The largest absolute Gasteiger partial charge is 0.469 e. The third kappa shape index (κ3) is 10.7. The van der Waals surface area contributed by atoms with Crippen LogP contribution in [0.5, 0.6) is 0 Å². The Morgan fingerprint density at radius 1 is 1.02 bits per heavy atom. The molecule has 236 valence electrons. The van der Waals surface area contributed by atoms with E-state index in [0.717, 1.165) is 71.0 Å². The lowest BCUT2D eigenvalue weighted by Gasteiger charge is -2.30. The summed E-state index contributed by atoms with van der Waals surface area (Å²) in [6.07, 6.45) is 20.6. The quantitative estimate of drug-likeness (QED) is 0.0718. The second-order valence-corrected chi connectivity index (χ2v) is 14.3. The van der Waals surface area contributed by atoms with Crippen molar-refractivity contribution in [1.29, 1.82) is 0 Å². The van der Waals surface area contributed by atoms with Crippen LogP contribution in [0, 0.1) is 17.8 Å². The Hall–Kier alpha value is -0.260. The van der Waals surface area contributed by atoms with Crippen LogP contribution in [-0.4, -0.2) is 67.2 Å². The van der Waals surface area contributed by atoms with Crippen molar-refractivity contribution in [2.75, 3.05) is 20.3 Å². The molecule has 0 radical (unpaired) electrons. The molecule has 0 N–H and O–H groups in total. The van der Waals surface area contributed by atoms with Crippen LogP contribution in [0.3, 0.4) is 0 Å². The molecule has 0 aromatic heterocycles. The van der Waals surface area contributed by atoms with Gasteiger partial charge in [-0.1, -0.05) is 67.9 Å². The maximum absolute atomic E-state index is 11.6. The van der Waals surface area contributed by atoms with Crippen LogP contribution in [0.4, 0.5) is 0 Å². The zero-order valence-corrected chi connectivity index (χ0v) is 27.8. The summed E-state index contributed by atoms with van der Waals surface area (Å²) in [6.45, 7) is 6.21. The molecule has 0 amide bonds. The van der Waals surface area contributed by atoms with Gasteiger partial charge in [-0.05, 0) is 76.0 Å². The minimum absolute atomic E-state index is 0.0457. The number of rotatable bonds is 16. The van der Waals surface area contributed by atoms with E-state index in [1.54, 1.807) is 0 Å². The van der Waals surface area contributed by atoms with Gasteiger partial charge in [0.1, 0.15) is 0 Å². The van der Waals surface area contributed by atoms with Crippen molar-refractivity contribution in [3.63, 3.8) is 0 Å². The van der Waals surface area contributed by atoms with Gasteiger partial charge >= 0.3 is 5.97 Å². The summed E-state index contributed by atoms with van der Waals surface area (Å²) in [5, 5.41) is 0. The first-order valence-corrected chi connectivity index (χ1v) is 17.8. The molecule has 3 aliphatic heterocycles. The second-order valence-electron chi connectivity index (χ2n) is 12.7. The average molecular weight is 691 g/mol. The smallest absolute Gasteiger partial charge is 0.305 e. The number of unbranched alkanes of at least 4 members (excludes halogenated alkanes) is 1. The van der Waals surface area contributed by atoms with E-state index in [1.165, 1.54) is 39.2 Å². The highest BCUT2D eigenvalue weighted by molar-refractivity contribution is 14.1. The molecule has 3 saturated heterocycles. The van der Waals surface area contributed by atoms with E-state index in [1.807, 2.05) is 0 Å². The Balaban J connectivity index is 1.43. The van der Waals surface area contributed by atoms with E-state index in [2.05, 4.69) is 48.6 Å². The number of fused-ring (bicyclic) bond motifs is 1. The van der Waals surface area contributed by atoms with Crippen molar-refractivity contribution in [2.45, 2.75) is 151 Å². The summed E-state index contributed by atoms with van der Waals surface area (Å²) in [4.78, 5) is 11.6. The molecule has 4 rings (SSSR count). The van der Waals surface area contributed by atoms with Gasteiger partial charge in [0.05, 0.1) is 31.5 Å². The summed E-state index contributed by atoms with van der Waals surface area (Å²) < 4.78 is 37.1. The Morgan fingerprint density at radius 2 is 1.78 bits per heavy atom. The lowest BCUT2D eigenvalue weighted by molar-refractivity contribution is -0.194. The average Bonchev–Trinajstić information content (AvgIpc) is 3.53. The standard InChI is InChI=1S/C33H55IO7/c1-4-5-11-23(2)20-24(39-32-14-6-8-18-37-32)16-17-25-26-21-30(27(34)12-10-13-31(35)36-3)40-29(26)22-28(25)41-33-15-7-9-19-38-33/h16-17,23-30,32-33H,4-15,18-22H2,1-3H3/b17-16+/t23-,24+,25+,26+,27?,28+,29+,30?,32?,33?/m0/s1. The van der Waals surface area contributed by atoms with Crippen LogP contribution in [-0.2, 0) is 33.2 Å². The monoisotopic (exact) mass is 690 g/mol.